The van der Waals surface area contributed by atoms with Crippen molar-refractivity contribution >= 4 is 10.0 Å². The van der Waals surface area contributed by atoms with Crippen LogP contribution < -0.4 is 10.0 Å². The molecule has 1 saturated carbocycles. The maximum atomic E-state index is 12.5. The first-order chi connectivity index (χ1) is 9.82. The molecule has 2 rings (SSSR count). The summed E-state index contributed by atoms with van der Waals surface area (Å²) >= 11 is 0. The molecular formula is C16H26N2O2S. The summed E-state index contributed by atoms with van der Waals surface area (Å²) in [6.07, 6.45) is 2.90. The Morgan fingerprint density at radius 1 is 1.33 bits per heavy atom. The molecule has 0 heterocycles. The summed E-state index contributed by atoms with van der Waals surface area (Å²) < 4.78 is 27.8. The predicted octanol–water partition coefficient (Wildman–Crippen LogP) is 2.65. The molecule has 1 atom stereocenters. The van der Waals surface area contributed by atoms with Crippen molar-refractivity contribution in [2.75, 3.05) is 6.54 Å². The second-order valence-corrected chi connectivity index (χ2v) is 8.37. The summed E-state index contributed by atoms with van der Waals surface area (Å²) in [6.45, 7) is 7.98. The minimum absolute atomic E-state index is 0.0578. The molecule has 2 N–H and O–H groups in total. The topological polar surface area (TPSA) is 58.2 Å². The van der Waals surface area contributed by atoms with Gasteiger partial charge in [0.25, 0.3) is 0 Å². The smallest absolute Gasteiger partial charge is 0.240 e. The Kier molecular flexibility index (Phi) is 5.07. The summed E-state index contributed by atoms with van der Waals surface area (Å²) in [7, 11) is -3.42. The van der Waals surface area contributed by atoms with Gasteiger partial charge in [-0.25, -0.2) is 13.1 Å². The second kappa shape index (κ2) is 6.46. The van der Waals surface area contributed by atoms with E-state index >= 15 is 0 Å². The molecule has 118 valence electrons. The molecule has 1 aliphatic rings. The molecule has 1 aromatic rings. The zero-order valence-electron chi connectivity index (χ0n) is 13.1. The number of benzene rings is 1. The zero-order chi connectivity index (χ0) is 15.5. The maximum absolute atomic E-state index is 12.5. The SMILES string of the molecule is CCNCc1cccc(S(=O)(=O)NC2CCC(C)(C)C2)c1. The van der Waals surface area contributed by atoms with E-state index in [9.17, 15) is 8.42 Å². The van der Waals surface area contributed by atoms with Crippen molar-refractivity contribution in [2.24, 2.45) is 5.41 Å². The number of hydrogen-bond donors (Lipinski definition) is 2. The summed E-state index contributed by atoms with van der Waals surface area (Å²) in [6, 6.07) is 7.23. The van der Waals surface area contributed by atoms with Gasteiger partial charge in [-0.1, -0.05) is 32.9 Å². The lowest BCUT2D eigenvalue weighted by Crippen LogP contribution is -2.33. The molecule has 0 amide bonds. The third-order valence-electron chi connectivity index (χ3n) is 4.08. The van der Waals surface area contributed by atoms with E-state index in [0.29, 0.717) is 11.4 Å². The molecule has 0 aromatic heterocycles. The summed E-state index contributed by atoms with van der Waals surface area (Å²) in [5.41, 5.74) is 1.23. The number of hydrogen-bond acceptors (Lipinski definition) is 3. The van der Waals surface area contributed by atoms with Gasteiger partial charge in [0.15, 0.2) is 0 Å². The van der Waals surface area contributed by atoms with E-state index < -0.39 is 10.0 Å². The molecule has 1 aromatic carbocycles. The van der Waals surface area contributed by atoms with Crippen molar-refractivity contribution in [1.29, 1.82) is 0 Å². The van der Waals surface area contributed by atoms with Gasteiger partial charge in [-0.15, -0.1) is 0 Å². The summed E-state index contributed by atoms with van der Waals surface area (Å²) in [4.78, 5) is 0.364. The minimum atomic E-state index is -3.42. The van der Waals surface area contributed by atoms with Gasteiger partial charge in [0.2, 0.25) is 10.0 Å². The lowest BCUT2D eigenvalue weighted by atomic mass is 9.92. The van der Waals surface area contributed by atoms with Crippen LogP contribution in [0.15, 0.2) is 29.2 Å². The lowest BCUT2D eigenvalue weighted by molar-refractivity contribution is 0.372. The van der Waals surface area contributed by atoms with Crippen LogP contribution in [-0.2, 0) is 16.6 Å². The van der Waals surface area contributed by atoms with Crippen LogP contribution in [-0.4, -0.2) is 21.0 Å². The van der Waals surface area contributed by atoms with Crippen molar-refractivity contribution in [3.05, 3.63) is 29.8 Å². The van der Waals surface area contributed by atoms with Gasteiger partial charge in [0.05, 0.1) is 4.90 Å². The van der Waals surface area contributed by atoms with Gasteiger partial charge in [0.1, 0.15) is 0 Å². The van der Waals surface area contributed by atoms with Crippen molar-refractivity contribution in [3.63, 3.8) is 0 Å². The van der Waals surface area contributed by atoms with Crippen LogP contribution in [0.3, 0.4) is 0 Å². The quantitative estimate of drug-likeness (QED) is 0.849. The van der Waals surface area contributed by atoms with Crippen molar-refractivity contribution in [1.82, 2.24) is 10.0 Å². The first-order valence-corrected chi connectivity index (χ1v) is 9.13. The van der Waals surface area contributed by atoms with Crippen LogP contribution in [0.1, 0.15) is 45.6 Å². The average molecular weight is 310 g/mol. The van der Waals surface area contributed by atoms with Gasteiger partial charge in [-0.2, -0.15) is 0 Å². The molecular weight excluding hydrogens is 284 g/mol. The molecule has 0 radical (unpaired) electrons. The largest absolute Gasteiger partial charge is 0.313 e. The number of nitrogens with one attached hydrogen (secondary N) is 2. The summed E-state index contributed by atoms with van der Waals surface area (Å²) in [5, 5.41) is 3.21. The third kappa shape index (κ3) is 4.53. The van der Waals surface area contributed by atoms with Gasteiger partial charge in [-0.3, -0.25) is 0 Å². The molecule has 5 heteroatoms. The Bertz CT molecular complexity index is 582. The lowest BCUT2D eigenvalue weighted by Gasteiger charge is -2.18. The van der Waals surface area contributed by atoms with Crippen molar-refractivity contribution < 1.29 is 8.42 Å². The Balaban J connectivity index is 2.09. The van der Waals surface area contributed by atoms with Crippen LogP contribution in [0.25, 0.3) is 0 Å². The fraction of sp³-hybridized carbons (Fsp3) is 0.625. The molecule has 1 fully saturated rings. The molecule has 0 spiro atoms. The van der Waals surface area contributed by atoms with Crippen LogP contribution in [0.2, 0.25) is 0 Å². The maximum Gasteiger partial charge on any atom is 0.240 e. The van der Waals surface area contributed by atoms with Gasteiger partial charge in [-0.05, 0) is 48.9 Å². The number of rotatable bonds is 6. The molecule has 1 aliphatic carbocycles. The summed E-state index contributed by atoms with van der Waals surface area (Å²) in [5.74, 6) is 0. The van der Waals surface area contributed by atoms with Gasteiger partial charge < -0.3 is 5.32 Å². The Hall–Kier alpha value is -0.910. The Labute approximate surface area is 128 Å². The van der Waals surface area contributed by atoms with Crippen LogP contribution >= 0.6 is 0 Å². The fourth-order valence-electron chi connectivity index (χ4n) is 2.92. The highest BCUT2D eigenvalue weighted by atomic mass is 32.2. The molecule has 0 bridgehead atoms. The predicted molar refractivity (Wildman–Crippen MR) is 85.6 cm³/mol. The van der Waals surface area contributed by atoms with E-state index in [0.717, 1.165) is 31.4 Å². The third-order valence-corrected chi connectivity index (χ3v) is 5.60. The van der Waals surface area contributed by atoms with Crippen LogP contribution in [0, 0.1) is 5.41 Å². The highest BCUT2D eigenvalue weighted by molar-refractivity contribution is 7.89. The minimum Gasteiger partial charge on any atom is -0.313 e. The van der Waals surface area contributed by atoms with Crippen molar-refractivity contribution in [3.8, 4) is 0 Å². The van der Waals surface area contributed by atoms with E-state index in [1.165, 1.54) is 0 Å². The molecule has 0 aliphatic heterocycles. The highest BCUT2D eigenvalue weighted by Gasteiger charge is 2.33. The van der Waals surface area contributed by atoms with E-state index in [-0.39, 0.29) is 11.5 Å². The first kappa shape index (κ1) is 16.5. The van der Waals surface area contributed by atoms with E-state index in [4.69, 9.17) is 0 Å². The standard InChI is InChI=1S/C16H26N2O2S/c1-4-17-12-13-6-5-7-15(10-13)21(19,20)18-14-8-9-16(2,3)11-14/h5-7,10,14,17-18H,4,8-9,11-12H2,1-3H3. The Morgan fingerprint density at radius 2 is 2.10 bits per heavy atom. The van der Waals surface area contributed by atoms with Crippen LogP contribution in [0.5, 0.6) is 0 Å². The molecule has 4 nitrogen and oxygen atoms in total. The highest BCUT2D eigenvalue weighted by Crippen LogP contribution is 2.37. The van der Waals surface area contributed by atoms with E-state index in [1.54, 1.807) is 18.2 Å². The van der Waals surface area contributed by atoms with Gasteiger partial charge >= 0.3 is 0 Å². The van der Waals surface area contributed by atoms with E-state index in [2.05, 4.69) is 23.9 Å². The van der Waals surface area contributed by atoms with Gasteiger partial charge in [0, 0.05) is 12.6 Å². The van der Waals surface area contributed by atoms with Crippen molar-refractivity contribution in [2.45, 2.75) is 57.5 Å². The second-order valence-electron chi connectivity index (χ2n) is 6.65. The fourth-order valence-corrected chi connectivity index (χ4v) is 4.26. The van der Waals surface area contributed by atoms with Crippen LogP contribution in [0.4, 0.5) is 0 Å². The first-order valence-electron chi connectivity index (χ1n) is 7.64. The molecule has 0 saturated heterocycles. The van der Waals surface area contributed by atoms with E-state index in [1.807, 2.05) is 13.0 Å². The number of sulfonamides is 1. The Morgan fingerprint density at radius 3 is 2.71 bits per heavy atom. The molecule has 1 unspecified atom stereocenters. The molecule has 21 heavy (non-hydrogen) atoms. The zero-order valence-corrected chi connectivity index (χ0v) is 14.0. The average Bonchev–Trinajstić information content (AvgIpc) is 2.75. The monoisotopic (exact) mass is 310 g/mol. The normalized spacial score (nSPS) is 21.6.